The zero-order valence-electron chi connectivity index (χ0n) is 6.59. The Bertz CT molecular complexity index is 179. The third kappa shape index (κ3) is 6.59. The first-order valence-corrected chi connectivity index (χ1v) is 5.80. The van der Waals surface area contributed by atoms with E-state index >= 15 is 0 Å². The Morgan fingerprint density at radius 2 is 2.00 bits per heavy atom. The van der Waals surface area contributed by atoms with Crippen molar-refractivity contribution >= 4 is 21.4 Å². The summed E-state index contributed by atoms with van der Waals surface area (Å²) in [6, 6.07) is 0. The predicted molar refractivity (Wildman–Crippen MR) is 46.9 cm³/mol. The van der Waals surface area contributed by atoms with E-state index in [1.165, 1.54) is 0 Å². The molecule has 0 atom stereocenters. The van der Waals surface area contributed by atoms with Gasteiger partial charge in [0.2, 0.25) is 0 Å². The third-order valence-electron chi connectivity index (χ3n) is 1.23. The van der Waals surface area contributed by atoms with Crippen molar-refractivity contribution < 1.29 is 8.42 Å². The maximum atomic E-state index is 11.0. The lowest BCUT2D eigenvalue weighted by Gasteiger charge is -1.99. The molecular weight excluding hydrogens is 186 g/mol. The number of hydrogen-bond donors (Lipinski definition) is 0. The molecule has 0 saturated heterocycles. The van der Waals surface area contributed by atoms with Crippen LogP contribution < -0.4 is 5.32 Å². The largest absolute Gasteiger partial charge is 0.245 e. The topological polar surface area (TPSA) is 48.2 Å². The molecule has 0 aromatic carbocycles. The first-order chi connectivity index (χ1) is 5.12. The minimum Gasteiger partial charge on any atom is -0.245 e. The Labute approximate surface area is 73.0 Å². The summed E-state index contributed by atoms with van der Waals surface area (Å²) < 4.78 is 22.0. The molecule has 5 heteroatoms. The highest BCUT2D eigenvalue weighted by Crippen LogP contribution is 1.94. The molecule has 0 unspecified atom stereocenters. The molecule has 67 valence electrons. The second-order valence-corrected chi connectivity index (χ2v) is 4.92. The summed E-state index contributed by atoms with van der Waals surface area (Å²) in [4.78, 5) is 0. The third-order valence-corrected chi connectivity index (χ3v) is 3.38. The second kappa shape index (κ2) is 5.80. The van der Waals surface area contributed by atoms with Gasteiger partial charge in [0.1, 0.15) is 0 Å². The zero-order valence-corrected chi connectivity index (χ0v) is 8.16. The number of alkyl halides is 1. The molecule has 0 aromatic heterocycles. The lowest BCUT2D eigenvalue weighted by Crippen LogP contribution is -2.14. The average molecular weight is 199 g/mol. The molecule has 3 nitrogen and oxygen atoms in total. The Morgan fingerprint density at radius 3 is 2.45 bits per heavy atom. The molecule has 0 aliphatic rings. The number of halogens is 1. The summed E-state index contributed by atoms with van der Waals surface area (Å²) in [7, 11) is -1.22. The van der Waals surface area contributed by atoms with E-state index in [2.05, 4.69) is 5.32 Å². The molecule has 0 amide bonds. The van der Waals surface area contributed by atoms with Crippen LogP contribution in [-0.2, 0) is 9.84 Å². The lowest BCUT2D eigenvalue weighted by molar-refractivity contribution is 0.593. The van der Waals surface area contributed by atoms with E-state index in [1.807, 2.05) is 0 Å². The second-order valence-electron chi connectivity index (χ2n) is 2.23. The minimum absolute atomic E-state index is 0.0816. The van der Waals surface area contributed by atoms with Gasteiger partial charge in [0, 0.05) is 19.5 Å². The number of nitrogens with zero attached hydrogens (tertiary/aromatic N) is 1. The normalized spacial score (nSPS) is 11.8. The highest BCUT2D eigenvalue weighted by atomic mass is 35.5. The van der Waals surface area contributed by atoms with Crippen LogP contribution in [-0.4, -0.2) is 39.4 Å². The molecule has 1 radical (unpaired) electrons. The number of rotatable bonds is 6. The van der Waals surface area contributed by atoms with Crippen LogP contribution >= 0.6 is 11.6 Å². The Balaban J connectivity index is 3.56. The maximum absolute atomic E-state index is 11.0. The first-order valence-electron chi connectivity index (χ1n) is 3.44. The van der Waals surface area contributed by atoms with Crippen molar-refractivity contribution in [1.82, 2.24) is 5.32 Å². The van der Waals surface area contributed by atoms with Gasteiger partial charge >= 0.3 is 0 Å². The fraction of sp³-hybridized carbons (Fsp3) is 1.00. The van der Waals surface area contributed by atoms with Gasteiger partial charge in [-0.05, 0) is 6.42 Å². The summed E-state index contributed by atoms with van der Waals surface area (Å²) in [6.45, 7) is 0.613. The molecule has 0 spiro atoms. The van der Waals surface area contributed by atoms with Gasteiger partial charge in [0.05, 0.1) is 11.5 Å². The predicted octanol–water partition coefficient (Wildman–Crippen LogP) is 0.264. The minimum atomic E-state index is -2.90. The van der Waals surface area contributed by atoms with Crippen molar-refractivity contribution in [2.45, 2.75) is 6.42 Å². The van der Waals surface area contributed by atoms with E-state index < -0.39 is 9.84 Å². The molecule has 0 saturated carbocycles. The number of sulfone groups is 1. The van der Waals surface area contributed by atoms with Gasteiger partial charge in [-0.25, -0.2) is 13.7 Å². The van der Waals surface area contributed by atoms with Crippen molar-refractivity contribution in [1.29, 1.82) is 0 Å². The number of hydrogen-bond acceptors (Lipinski definition) is 2. The molecule has 0 N–H and O–H groups in total. The molecule has 0 aromatic rings. The average Bonchev–Trinajstić information content (AvgIpc) is 1.87. The van der Waals surface area contributed by atoms with Gasteiger partial charge in [0.25, 0.3) is 0 Å². The van der Waals surface area contributed by atoms with E-state index in [0.29, 0.717) is 13.0 Å². The quantitative estimate of drug-likeness (QED) is 0.454. The van der Waals surface area contributed by atoms with Crippen molar-refractivity contribution in [3.8, 4) is 0 Å². The summed E-state index contributed by atoms with van der Waals surface area (Å²) in [6.07, 6.45) is 0.607. The van der Waals surface area contributed by atoms with Gasteiger partial charge in [-0.3, -0.25) is 0 Å². The summed E-state index contributed by atoms with van der Waals surface area (Å²) >= 11 is 5.30. The molecule has 0 aliphatic carbocycles. The monoisotopic (exact) mass is 198 g/mol. The molecule has 0 bridgehead atoms. The van der Waals surface area contributed by atoms with Gasteiger partial charge < -0.3 is 0 Å². The Kier molecular flexibility index (Phi) is 5.91. The molecule has 0 aliphatic heterocycles. The van der Waals surface area contributed by atoms with E-state index in [0.717, 1.165) is 0 Å². The van der Waals surface area contributed by atoms with Gasteiger partial charge in [-0.15, -0.1) is 11.6 Å². The van der Waals surface area contributed by atoms with Crippen LogP contribution in [0.15, 0.2) is 0 Å². The van der Waals surface area contributed by atoms with E-state index in [9.17, 15) is 8.42 Å². The standard InChI is InChI=1S/C6H13ClNO2S/c1-8-4-2-5-11(9,10)6-3-7/h2-6H2,1H3. The smallest absolute Gasteiger partial charge is 0.151 e. The summed E-state index contributed by atoms with van der Waals surface area (Å²) in [5.74, 6) is 0.473. The molecule has 0 fully saturated rings. The van der Waals surface area contributed by atoms with Crippen molar-refractivity contribution in [2.75, 3.05) is 31.0 Å². The summed E-state index contributed by atoms with van der Waals surface area (Å²) in [5.41, 5.74) is 0. The van der Waals surface area contributed by atoms with E-state index in [4.69, 9.17) is 11.6 Å². The van der Waals surface area contributed by atoms with Crippen LogP contribution in [0.5, 0.6) is 0 Å². The van der Waals surface area contributed by atoms with E-state index in [-0.39, 0.29) is 17.4 Å². The molecule has 0 rings (SSSR count). The van der Waals surface area contributed by atoms with Crippen molar-refractivity contribution in [2.24, 2.45) is 0 Å². The maximum Gasteiger partial charge on any atom is 0.151 e. The van der Waals surface area contributed by atoms with Gasteiger partial charge in [0.15, 0.2) is 9.84 Å². The Hall–Kier alpha value is 0.200. The van der Waals surface area contributed by atoms with Crippen molar-refractivity contribution in [3.05, 3.63) is 0 Å². The van der Waals surface area contributed by atoms with Gasteiger partial charge in [-0.2, -0.15) is 0 Å². The van der Waals surface area contributed by atoms with Crippen LogP contribution in [0.1, 0.15) is 6.42 Å². The van der Waals surface area contributed by atoms with Crippen LogP contribution in [0.25, 0.3) is 0 Å². The zero-order chi connectivity index (χ0) is 8.74. The lowest BCUT2D eigenvalue weighted by atomic mass is 10.5. The van der Waals surface area contributed by atoms with Crippen LogP contribution in [0.3, 0.4) is 0 Å². The van der Waals surface area contributed by atoms with Crippen LogP contribution in [0.2, 0.25) is 0 Å². The molecule has 11 heavy (non-hydrogen) atoms. The van der Waals surface area contributed by atoms with Crippen molar-refractivity contribution in [3.63, 3.8) is 0 Å². The van der Waals surface area contributed by atoms with Crippen LogP contribution in [0.4, 0.5) is 0 Å². The van der Waals surface area contributed by atoms with Crippen LogP contribution in [0, 0.1) is 0 Å². The fourth-order valence-electron chi connectivity index (χ4n) is 0.662. The summed E-state index contributed by atoms with van der Waals surface area (Å²) in [5, 5.41) is 3.80. The first kappa shape index (κ1) is 11.2. The SMILES string of the molecule is C[N]CCCS(=O)(=O)CCCl. The highest BCUT2D eigenvalue weighted by molar-refractivity contribution is 7.91. The highest BCUT2D eigenvalue weighted by Gasteiger charge is 2.08. The van der Waals surface area contributed by atoms with Gasteiger partial charge in [-0.1, -0.05) is 0 Å². The van der Waals surface area contributed by atoms with E-state index in [1.54, 1.807) is 7.05 Å². The fourth-order valence-corrected chi connectivity index (χ4v) is 2.38. The molecular formula is C6H13ClNO2S. The Morgan fingerprint density at radius 1 is 1.36 bits per heavy atom. The molecule has 0 heterocycles.